The van der Waals surface area contributed by atoms with Crippen molar-refractivity contribution in [1.29, 1.82) is 5.26 Å². The number of para-hydroxylation sites is 1. The van der Waals surface area contributed by atoms with Crippen molar-refractivity contribution >= 4 is 28.3 Å². The van der Waals surface area contributed by atoms with Gasteiger partial charge in [0, 0.05) is 31.1 Å². The fraction of sp³-hybridized carbons (Fsp3) is 0.333. The third-order valence-corrected chi connectivity index (χ3v) is 6.83. The van der Waals surface area contributed by atoms with Crippen molar-refractivity contribution in [2.75, 3.05) is 19.0 Å². The molecule has 2 aromatic heterocycles. The minimum absolute atomic E-state index is 0.161. The number of nitrogens with zero attached hydrogens (tertiary/aromatic N) is 4. The molecular formula is C24H26N6O3S. The zero-order valence-corrected chi connectivity index (χ0v) is 19.9. The Morgan fingerprint density at radius 2 is 2.15 bits per heavy atom. The fourth-order valence-corrected chi connectivity index (χ4v) is 5.20. The van der Waals surface area contributed by atoms with E-state index in [9.17, 15) is 14.9 Å². The van der Waals surface area contributed by atoms with Gasteiger partial charge in [0.2, 0.25) is 5.91 Å². The molecule has 3 heterocycles. The summed E-state index contributed by atoms with van der Waals surface area (Å²) in [5, 5.41) is 16.1. The summed E-state index contributed by atoms with van der Waals surface area (Å²) in [5.41, 5.74) is 3.16. The molecule has 10 heteroatoms. The van der Waals surface area contributed by atoms with Crippen molar-refractivity contribution in [3.05, 3.63) is 64.1 Å². The molecule has 0 fully saturated rings. The molecule has 0 aliphatic carbocycles. The van der Waals surface area contributed by atoms with Gasteiger partial charge in [0.15, 0.2) is 0 Å². The number of thiophene rings is 1. The Bertz CT molecular complexity index is 1240. The molecule has 1 aliphatic rings. The van der Waals surface area contributed by atoms with Crippen LogP contribution in [0.3, 0.4) is 0 Å². The van der Waals surface area contributed by atoms with Crippen molar-refractivity contribution in [1.82, 2.24) is 19.8 Å². The molecule has 176 valence electrons. The molecule has 3 amide bonds. The third kappa shape index (κ3) is 5.21. The summed E-state index contributed by atoms with van der Waals surface area (Å²) >= 11 is 1.37. The average Bonchev–Trinajstić information content (AvgIpc) is 3.42. The summed E-state index contributed by atoms with van der Waals surface area (Å²) in [7, 11) is 3.49. The van der Waals surface area contributed by atoms with Crippen LogP contribution in [-0.2, 0) is 37.8 Å². The van der Waals surface area contributed by atoms with E-state index in [0.29, 0.717) is 43.0 Å². The molecule has 0 spiro atoms. The van der Waals surface area contributed by atoms with Crippen LogP contribution in [-0.4, -0.2) is 40.0 Å². The molecule has 34 heavy (non-hydrogen) atoms. The zero-order chi connectivity index (χ0) is 24.1. The van der Waals surface area contributed by atoms with E-state index in [-0.39, 0.29) is 18.4 Å². The van der Waals surface area contributed by atoms with Gasteiger partial charge >= 0.3 is 6.03 Å². The maximum absolute atomic E-state index is 12.6. The van der Waals surface area contributed by atoms with Gasteiger partial charge in [-0.1, -0.05) is 18.2 Å². The van der Waals surface area contributed by atoms with E-state index in [2.05, 4.69) is 21.7 Å². The lowest BCUT2D eigenvalue weighted by molar-refractivity contribution is -0.116. The van der Waals surface area contributed by atoms with Gasteiger partial charge < -0.3 is 24.8 Å². The third-order valence-electron chi connectivity index (χ3n) is 5.70. The van der Waals surface area contributed by atoms with Crippen molar-refractivity contribution in [2.45, 2.75) is 32.4 Å². The van der Waals surface area contributed by atoms with Gasteiger partial charge in [-0.05, 0) is 30.0 Å². The van der Waals surface area contributed by atoms with Crippen LogP contribution < -0.4 is 15.4 Å². The number of aryl methyl sites for hydroxylation is 2. The summed E-state index contributed by atoms with van der Waals surface area (Å²) < 4.78 is 7.18. The number of amides is 3. The first kappa shape index (κ1) is 23.3. The molecule has 0 saturated heterocycles. The Morgan fingerprint density at radius 3 is 2.88 bits per heavy atom. The first-order valence-electron chi connectivity index (χ1n) is 10.9. The van der Waals surface area contributed by atoms with Crippen molar-refractivity contribution in [3.8, 4) is 11.8 Å². The largest absolute Gasteiger partial charge is 0.496 e. The number of anilines is 1. The molecule has 3 aromatic rings. The predicted octanol–water partition coefficient (Wildman–Crippen LogP) is 3.20. The summed E-state index contributed by atoms with van der Waals surface area (Å²) in [6.07, 6.45) is 4.93. The molecule has 0 saturated carbocycles. The lowest BCUT2D eigenvalue weighted by atomic mass is 10.0. The van der Waals surface area contributed by atoms with Gasteiger partial charge in [-0.2, -0.15) is 5.26 Å². The van der Waals surface area contributed by atoms with Crippen LogP contribution in [0.2, 0.25) is 0 Å². The first-order chi connectivity index (χ1) is 16.5. The van der Waals surface area contributed by atoms with Gasteiger partial charge in [0.1, 0.15) is 16.8 Å². The normalized spacial score (nSPS) is 12.6. The highest BCUT2D eigenvalue weighted by molar-refractivity contribution is 7.16. The number of fused-ring (bicyclic) bond motifs is 1. The van der Waals surface area contributed by atoms with Crippen molar-refractivity contribution in [2.24, 2.45) is 7.05 Å². The number of carbonyl (C=O) groups is 2. The molecule has 0 radical (unpaired) electrons. The molecule has 0 bridgehead atoms. The van der Waals surface area contributed by atoms with E-state index in [0.717, 1.165) is 27.4 Å². The Balaban J connectivity index is 1.37. The van der Waals surface area contributed by atoms with Crippen LogP contribution >= 0.6 is 11.3 Å². The molecule has 1 aromatic carbocycles. The molecular weight excluding hydrogens is 452 g/mol. The standard InChI is InChI=1S/C24H26N6O3S/c1-29-13-17(27-15-29)12-26-24(32)30-10-9-18-19(11-25)23(34-21(18)14-30)28-22(31)8-7-16-5-3-4-6-20(16)33-2/h3-6,13,15H,7-10,12,14H2,1-2H3,(H,26,32)(H,28,31). The maximum atomic E-state index is 12.6. The Hall–Kier alpha value is -3.84. The summed E-state index contributed by atoms with van der Waals surface area (Å²) in [6, 6.07) is 9.67. The van der Waals surface area contributed by atoms with E-state index in [1.165, 1.54) is 11.3 Å². The molecule has 0 unspecified atom stereocenters. The number of ether oxygens (including phenoxy) is 1. The Morgan fingerprint density at radius 1 is 1.32 bits per heavy atom. The van der Waals surface area contributed by atoms with Crippen LogP contribution in [0, 0.1) is 11.3 Å². The van der Waals surface area contributed by atoms with Crippen LogP contribution in [0.4, 0.5) is 9.80 Å². The van der Waals surface area contributed by atoms with E-state index in [1.54, 1.807) is 18.3 Å². The first-order valence-corrected chi connectivity index (χ1v) is 11.8. The van der Waals surface area contributed by atoms with E-state index >= 15 is 0 Å². The summed E-state index contributed by atoms with van der Waals surface area (Å²) in [6.45, 7) is 1.26. The van der Waals surface area contributed by atoms with Crippen LogP contribution in [0.1, 0.15) is 33.7 Å². The van der Waals surface area contributed by atoms with E-state index in [4.69, 9.17) is 4.74 Å². The second-order valence-corrected chi connectivity index (χ2v) is 9.15. The van der Waals surface area contributed by atoms with E-state index in [1.807, 2.05) is 42.1 Å². The quantitative estimate of drug-likeness (QED) is 0.542. The maximum Gasteiger partial charge on any atom is 0.318 e. The minimum Gasteiger partial charge on any atom is -0.496 e. The Labute approximate surface area is 202 Å². The second kappa shape index (κ2) is 10.4. The molecule has 4 rings (SSSR count). The number of hydrogen-bond acceptors (Lipinski definition) is 6. The molecule has 2 N–H and O–H groups in total. The number of hydrogen-bond donors (Lipinski definition) is 2. The summed E-state index contributed by atoms with van der Waals surface area (Å²) in [5.74, 6) is 0.590. The number of carbonyl (C=O) groups excluding carboxylic acids is 2. The second-order valence-electron chi connectivity index (χ2n) is 8.04. The average molecular weight is 479 g/mol. The van der Waals surface area contributed by atoms with Crippen LogP contribution in [0.5, 0.6) is 5.75 Å². The van der Waals surface area contributed by atoms with Crippen LogP contribution in [0.15, 0.2) is 36.8 Å². The number of benzene rings is 1. The predicted molar refractivity (Wildman–Crippen MR) is 129 cm³/mol. The number of urea groups is 1. The number of imidazole rings is 1. The lowest BCUT2D eigenvalue weighted by Gasteiger charge is -2.27. The van der Waals surface area contributed by atoms with Crippen molar-refractivity contribution in [3.63, 3.8) is 0 Å². The monoisotopic (exact) mass is 478 g/mol. The molecule has 9 nitrogen and oxygen atoms in total. The fourth-order valence-electron chi connectivity index (χ4n) is 3.97. The highest BCUT2D eigenvalue weighted by Gasteiger charge is 2.27. The van der Waals surface area contributed by atoms with Crippen molar-refractivity contribution < 1.29 is 14.3 Å². The summed E-state index contributed by atoms with van der Waals surface area (Å²) in [4.78, 5) is 32.1. The molecule has 0 atom stereocenters. The number of rotatable bonds is 7. The van der Waals surface area contributed by atoms with Gasteiger partial charge in [0.25, 0.3) is 0 Å². The SMILES string of the molecule is COc1ccccc1CCC(=O)Nc1sc2c(c1C#N)CCN(C(=O)NCc1cn(C)cn1)C2. The lowest BCUT2D eigenvalue weighted by Crippen LogP contribution is -2.42. The number of nitriles is 1. The minimum atomic E-state index is -0.175. The number of nitrogens with one attached hydrogen (secondary N) is 2. The zero-order valence-electron chi connectivity index (χ0n) is 19.1. The van der Waals surface area contributed by atoms with E-state index < -0.39 is 0 Å². The van der Waals surface area contributed by atoms with Crippen LogP contribution in [0.25, 0.3) is 0 Å². The number of methoxy groups -OCH3 is 1. The molecule has 1 aliphatic heterocycles. The van der Waals surface area contributed by atoms with Gasteiger partial charge in [-0.25, -0.2) is 9.78 Å². The van der Waals surface area contributed by atoms with Gasteiger partial charge in [0.05, 0.1) is 37.8 Å². The topological polar surface area (TPSA) is 112 Å². The Kier molecular flexibility index (Phi) is 7.13. The smallest absolute Gasteiger partial charge is 0.318 e. The number of aromatic nitrogens is 2. The highest BCUT2D eigenvalue weighted by atomic mass is 32.1. The van der Waals surface area contributed by atoms with Gasteiger partial charge in [-0.15, -0.1) is 11.3 Å². The highest BCUT2D eigenvalue weighted by Crippen LogP contribution is 2.36. The van der Waals surface area contributed by atoms with Gasteiger partial charge in [-0.3, -0.25) is 4.79 Å².